The summed E-state index contributed by atoms with van der Waals surface area (Å²) in [6.45, 7) is 6.62. The van der Waals surface area contributed by atoms with E-state index in [9.17, 15) is 4.79 Å². The van der Waals surface area contributed by atoms with Gasteiger partial charge in [-0.3, -0.25) is 9.69 Å². The Kier molecular flexibility index (Phi) is 5.57. The van der Waals surface area contributed by atoms with Crippen LogP contribution in [-0.4, -0.2) is 65.7 Å². The number of likely N-dealkylation sites (tertiary alicyclic amines) is 2. The number of fused-ring (bicyclic) bond motifs is 1. The fourth-order valence-electron chi connectivity index (χ4n) is 4.21. The van der Waals surface area contributed by atoms with E-state index in [4.69, 9.17) is 16.7 Å². The Morgan fingerprint density at radius 1 is 1.00 bits per heavy atom. The Bertz CT molecular complexity index is 669. The largest absolute Gasteiger partial charge is 0.301 e. The molecular weight excluding hydrogens is 348 g/mol. The van der Waals surface area contributed by atoms with Crippen LogP contribution >= 0.6 is 11.6 Å². The predicted molar refractivity (Wildman–Crippen MR) is 104 cm³/mol. The normalized spacial score (nSPS) is 24.7. The number of benzene rings is 1. The number of piperidine rings is 2. The molecule has 1 unspecified atom stereocenters. The van der Waals surface area contributed by atoms with Gasteiger partial charge in [-0.1, -0.05) is 30.2 Å². The lowest BCUT2D eigenvalue weighted by atomic mass is 9.94. The molecule has 3 heterocycles. The number of hydrogen-bond donors (Lipinski definition) is 0. The molecule has 1 atom stereocenters. The zero-order chi connectivity index (χ0) is 17.9. The monoisotopic (exact) mass is 374 g/mol. The third-order valence-corrected chi connectivity index (χ3v) is 5.97. The number of rotatable bonds is 5. The fraction of sp³-hybridized carbons (Fsp3) is 0.600. The quantitative estimate of drug-likeness (QED) is 0.795. The first-order valence-corrected chi connectivity index (χ1v) is 10.1. The molecular formula is C20H27ClN4O. The average Bonchev–Trinajstić information content (AvgIpc) is 2.98. The number of carbonyl (C=O) groups excluding carboxylic acids is 1. The standard InChI is InChI=1S/C20H27ClN4O/c21-17-6-4-16(5-7-17)14-24-11-8-18-19(15-24)22-25(20(18)26)13-12-23-9-2-1-3-10-23/h4-7,18H,1-3,8-15H2. The van der Waals surface area contributed by atoms with Crippen molar-refractivity contribution in [2.24, 2.45) is 11.0 Å². The summed E-state index contributed by atoms with van der Waals surface area (Å²) in [5.74, 6) is 0.223. The highest BCUT2D eigenvalue weighted by molar-refractivity contribution is 6.30. The smallest absolute Gasteiger partial charge is 0.251 e. The van der Waals surface area contributed by atoms with Crippen molar-refractivity contribution >= 4 is 23.2 Å². The highest BCUT2D eigenvalue weighted by Crippen LogP contribution is 2.25. The lowest BCUT2D eigenvalue weighted by molar-refractivity contribution is -0.132. The van der Waals surface area contributed by atoms with E-state index in [1.54, 1.807) is 5.01 Å². The Morgan fingerprint density at radius 2 is 1.77 bits per heavy atom. The molecule has 1 aromatic carbocycles. The lowest BCUT2D eigenvalue weighted by Crippen LogP contribution is -2.42. The molecule has 140 valence electrons. The van der Waals surface area contributed by atoms with Crippen molar-refractivity contribution in [3.63, 3.8) is 0 Å². The summed E-state index contributed by atoms with van der Waals surface area (Å²) in [5.41, 5.74) is 2.30. The maximum atomic E-state index is 12.7. The van der Waals surface area contributed by atoms with Crippen LogP contribution in [0.4, 0.5) is 0 Å². The van der Waals surface area contributed by atoms with Crippen LogP contribution in [0.5, 0.6) is 0 Å². The van der Waals surface area contributed by atoms with E-state index in [0.717, 1.165) is 63.0 Å². The molecule has 5 nitrogen and oxygen atoms in total. The van der Waals surface area contributed by atoms with Gasteiger partial charge in [0.15, 0.2) is 0 Å². The van der Waals surface area contributed by atoms with Crippen molar-refractivity contribution in [3.05, 3.63) is 34.9 Å². The molecule has 26 heavy (non-hydrogen) atoms. The zero-order valence-electron chi connectivity index (χ0n) is 15.2. The molecule has 1 amide bonds. The molecule has 3 aliphatic heterocycles. The van der Waals surface area contributed by atoms with Crippen LogP contribution in [-0.2, 0) is 11.3 Å². The average molecular weight is 375 g/mol. The molecule has 0 radical (unpaired) electrons. The molecule has 6 heteroatoms. The van der Waals surface area contributed by atoms with Crippen LogP contribution in [0.25, 0.3) is 0 Å². The van der Waals surface area contributed by atoms with Crippen molar-refractivity contribution < 1.29 is 4.79 Å². The lowest BCUT2D eigenvalue weighted by Gasteiger charge is -2.29. The first-order valence-electron chi connectivity index (χ1n) is 9.77. The summed E-state index contributed by atoms with van der Waals surface area (Å²) >= 11 is 5.97. The van der Waals surface area contributed by atoms with Crippen molar-refractivity contribution in [1.29, 1.82) is 0 Å². The number of carbonyl (C=O) groups is 1. The Balaban J connectivity index is 1.33. The van der Waals surface area contributed by atoms with Gasteiger partial charge in [-0.15, -0.1) is 0 Å². The Labute approximate surface area is 160 Å². The molecule has 0 N–H and O–H groups in total. The second kappa shape index (κ2) is 8.07. The molecule has 2 fully saturated rings. The first-order chi connectivity index (χ1) is 12.7. The molecule has 0 spiro atoms. The number of nitrogens with zero attached hydrogens (tertiary/aromatic N) is 4. The van der Waals surface area contributed by atoms with Gasteiger partial charge in [0.1, 0.15) is 0 Å². The van der Waals surface area contributed by atoms with E-state index in [1.165, 1.54) is 24.8 Å². The summed E-state index contributed by atoms with van der Waals surface area (Å²) in [7, 11) is 0. The number of amides is 1. The predicted octanol–water partition coefficient (Wildman–Crippen LogP) is 2.85. The van der Waals surface area contributed by atoms with Crippen LogP contribution in [0.1, 0.15) is 31.2 Å². The highest BCUT2D eigenvalue weighted by atomic mass is 35.5. The van der Waals surface area contributed by atoms with Gasteiger partial charge < -0.3 is 4.90 Å². The van der Waals surface area contributed by atoms with Gasteiger partial charge in [-0.25, -0.2) is 5.01 Å². The molecule has 0 bridgehead atoms. The van der Waals surface area contributed by atoms with Crippen LogP contribution in [0.3, 0.4) is 0 Å². The van der Waals surface area contributed by atoms with E-state index < -0.39 is 0 Å². The Hall–Kier alpha value is -1.43. The second-order valence-electron chi connectivity index (χ2n) is 7.63. The minimum Gasteiger partial charge on any atom is -0.301 e. The minimum absolute atomic E-state index is 0.0119. The number of hydrogen-bond acceptors (Lipinski definition) is 4. The molecule has 2 saturated heterocycles. The maximum absolute atomic E-state index is 12.7. The SMILES string of the molecule is O=C1C2CCN(Cc3ccc(Cl)cc3)CC2=NN1CCN1CCCCC1. The number of hydrazone groups is 1. The van der Waals surface area contributed by atoms with Crippen LogP contribution in [0.15, 0.2) is 29.4 Å². The van der Waals surface area contributed by atoms with Gasteiger partial charge in [0.05, 0.1) is 18.2 Å². The van der Waals surface area contributed by atoms with Gasteiger partial charge in [-0.2, -0.15) is 5.10 Å². The van der Waals surface area contributed by atoms with E-state index >= 15 is 0 Å². The van der Waals surface area contributed by atoms with E-state index in [1.807, 2.05) is 12.1 Å². The first kappa shape index (κ1) is 18.0. The molecule has 0 aliphatic carbocycles. The van der Waals surface area contributed by atoms with Gasteiger partial charge in [-0.05, 0) is 50.0 Å². The van der Waals surface area contributed by atoms with Gasteiger partial charge in [0.2, 0.25) is 0 Å². The molecule has 0 saturated carbocycles. The zero-order valence-corrected chi connectivity index (χ0v) is 16.0. The summed E-state index contributed by atoms with van der Waals surface area (Å²) < 4.78 is 0. The Morgan fingerprint density at radius 3 is 2.54 bits per heavy atom. The van der Waals surface area contributed by atoms with E-state index in [0.29, 0.717) is 0 Å². The summed E-state index contributed by atoms with van der Waals surface area (Å²) in [6, 6.07) is 8.01. The molecule has 0 aromatic heterocycles. The maximum Gasteiger partial charge on any atom is 0.251 e. The third-order valence-electron chi connectivity index (χ3n) is 5.72. The summed E-state index contributed by atoms with van der Waals surface area (Å²) in [5, 5.41) is 7.20. The summed E-state index contributed by atoms with van der Waals surface area (Å²) in [6.07, 6.45) is 4.79. The van der Waals surface area contributed by atoms with E-state index in [2.05, 4.69) is 21.9 Å². The van der Waals surface area contributed by atoms with Crippen LogP contribution in [0, 0.1) is 5.92 Å². The van der Waals surface area contributed by atoms with Crippen LogP contribution in [0.2, 0.25) is 5.02 Å². The third kappa shape index (κ3) is 4.11. The van der Waals surface area contributed by atoms with Crippen molar-refractivity contribution in [2.75, 3.05) is 39.3 Å². The van der Waals surface area contributed by atoms with Crippen molar-refractivity contribution in [1.82, 2.24) is 14.8 Å². The van der Waals surface area contributed by atoms with E-state index in [-0.39, 0.29) is 11.8 Å². The minimum atomic E-state index is 0.0119. The molecule has 3 aliphatic rings. The van der Waals surface area contributed by atoms with Gasteiger partial charge in [0, 0.05) is 31.2 Å². The van der Waals surface area contributed by atoms with Crippen molar-refractivity contribution in [3.8, 4) is 0 Å². The fourth-order valence-corrected chi connectivity index (χ4v) is 4.34. The molecule has 4 rings (SSSR count). The highest BCUT2D eigenvalue weighted by Gasteiger charge is 2.39. The number of halogens is 1. The van der Waals surface area contributed by atoms with Crippen molar-refractivity contribution in [2.45, 2.75) is 32.2 Å². The second-order valence-corrected chi connectivity index (χ2v) is 8.07. The van der Waals surface area contributed by atoms with Gasteiger partial charge >= 0.3 is 0 Å². The summed E-state index contributed by atoms with van der Waals surface area (Å²) in [4.78, 5) is 17.5. The molecule has 1 aromatic rings. The topological polar surface area (TPSA) is 39.2 Å². The van der Waals surface area contributed by atoms with Crippen LogP contribution < -0.4 is 0 Å². The van der Waals surface area contributed by atoms with Gasteiger partial charge in [0.25, 0.3) is 5.91 Å².